The summed E-state index contributed by atoms with van der Waals surface area (Å²) < 4.78 is 16.0. The average Bonchev–Trinajstić information content (AvgIpc) is 3.54. The highest BCUT2D eigenvalue weighted by Crippen LogP contribution is 2.38. The fourth-order valence-electron chi connectivity index (χ4n) is 3.64. The highest BCUT2D eigenvalue weighted by Gasteiger charge is 2.29. The van der Waals surface area contributed by atoms with Gasteiger partial charge >= 0.3 is 0 Å². The molecule has 0 saturated heterocycles. The monoisotopic (exact) mass is 426 g/mol. The van der Waals surface area contributed by atoms with Crippen molar-refractivity contribution in [2.75, 3.05) is 20.8 Å². The minimum absolute atomic E-state index is 0.463. The zero-order chi connectivity index (χ0) is 21.1. The normalized spacial score (nSPS) is 14.5. The summed E-state index contributed by atoms with van der Waals surface area (Å²) in [5.74, 6) is 2.46. The summed E-state index contributed by atoms with van der Waals surface area (Å²) in [7, 11) is 3.82. The number of benzene rings is 1. The highest BCUT2D eigenvalue weighted by atomic mass is 32.1. The largest absolute Gasteiger partial charge is 0.493 e. The van der Waals surface area contributed by atoms with Crippen molar-refractivity contribution < 1.29 is 14.4 Å². The molecule has 2 heterocycles. The van der Waals surface area contributed by atoms with Gasteiger partial charge in [0.2, 0.25) is 4.77 Å². The van der Waals surface area contributed by atoms with E-state index < -0.39 is 0 Å². The van der Waals surface area contributed by atoms with Crippen molar-refractivity contribution in [2.45, 2.75) is 39.0 Å². The predicted octanol–water partition coefficient (Wildman–Crippen LogP) is 2.89. The Kier molecular flexibility index (Phi) is 6.15. The van der Waals surface area contributed by atoms with E-state index in [0.29, 0.717) is 19.3 Å². The van der Waals surface area contributed by atoms with E-state index in [4.69, 9.17) is 26.8 Å². The van der Waals surface area contributed by atoms with Crippen LogP contribution in [0.2, 0.25) is 0 Å². The van der Waals surface area contributed by atoms with Crippen LogP contribution in [-0.2, 0) is 13.2 Å². The van der Waals surface area contributed by atoms with Gasteiger partial charge in [0.1, 0.15) is 6.54 Å². The third-order valence-electron chi connectivity index (χ3n) is 5.17. The molecule has 1 unspecified atom stereocenters. The summed E-state index contributed by atoms with van der Waals surface area (Å²) in [5.41, 5.74) is 2.23. The molecule has 0 amide bonds. The maximum atomic E-state index is 5.80. The molecule has 30 heavy (non-hydrogen) atoms. The van der Waals surface area contributed by atoms with Crippen LogP contribution in [0.3, 0.4) is 0 Å². The Labute approximate surface area is 181 Å². The highest BCUT2D eigenvalue weighted by molar-refractivity contribution is 7.71. The quantitative estimate of drug-likeness (QED) is 0.533. The lowest BCUT2D eigenvalue weighted by Gasteiger charge is -2.15. The lowest BCUT2D eigenvalue weighted by atomic mass is 10.2. The van der Waals surface area contributed by atoms with Crippen LogP contribution in [0, 0.1) is 4.77 Å². The number of quaternary nitrogens is 1. The topological polar surface area (TPSA) is 58.5 Å². The first-order valence-corrected chi connectivity index (χ1v) is 10.7. The third-order valence-corrected chi connectivity index (χ3v) is 5.58. The molecule has 1 aromatic carbocycles. The summed E-state index contributed by atoms with van der Waals surface area (Å²) in [6, 6.07) is 10.5. The van der Waals surface area contributed by atoms with Crippen LogP contribution >= 0.6 is 12.2 Å². The minimum atomic E-state index is 0.463. The van der Waals surface area contributed by atoms with Gasteiger partial charge in [-0.05, 0) is 62.3 Å². The molecular weight excluding hydrogens is 398 g/mol. The Morgan fingerprint density at radius 3 is 2.60 bits per heavy atom. The molecular formula is C22H28N5O2S+. The summed E-state index contributed by atoms with van der Waals surface area (Å²) in [6.45, 7) is 4.09. The van der Waals surface area contributed by atoms with Crippen LogP contribution in [0.25, 0.3) is 11.4 Å². The molecule has 1 saturated carbocycles. The predicted molar refractivity (Wildman–Crippen MR) is 117 cm³/mol. The number of hydrogen-bond donors (Lipinski definition) is 1. The zero-order valence-corrected chi connectivity index (χ0v) is 18.5. The van der Waals surface area contributed by atoms with Gasteiger partial charge in [0, 0.05) is 29.6 Å². The van der Waals surface area contributed by atoms with E-state index in [1.165, 1.54) is 10.5 Å². The lowest BCUT2D eigenvalue weighted by molar-refractivity contribution is -0.917. The molecule has 0 spiro atoms. The number of pyridine rings is 1. The van der Waals surface area contributed by atoms with Gasteiger partial charge in [-0.1, -0.05) is 0 Å². The van der Waals surface area contributed by atoms with Crippen LogP contribution in [0.5, 0.6) is 11.5 Å². The van der Waals surface area contributed by atoms with Crippen molar-refractivity contribution in [3.05, 3.63) is 53.1 Å². The number of nitrogens with one attached hydrogen (secondary N) is 1. The van der Waals surface area contributed by atoms with Gasteiger partial charge in [-0.15, -0.1) is 5.10 Å². The molecule has 3 aromatic rings. The van der Waals surface area contributed by atoms with Gasteiger partial charge in [0.15, 0.2) is 24.0 Å². The van der Waals surface area contributed by atoms with Gasteiger partial charge in [-0.2, -0.15) is 4.68 Å². The van der Waals surface area contributed by atoms with Gasteiger partial charge in [-0.25, -0.2) is 0 Å². The molecule has 158 valence electrons. The van der Waals surface area contributed by atoms with Gasteiger partial charge in [0.05, 0.1) is 20.8 Å². The van der Waals surface area contributed by atoms with E-state index in [1.54, 1.807) is 19.5 Å². The van der Waals surface area contributed by atoms with E-state index >= 15 is 0 Å². The number of rotatable bonds is 9. The Hall–Kier alpha value is -2.71. The van der Waals surface area contributed by atoms with E-state index in [-0.39, 0.29) is 0 Å². The third kappa shape index (κ3) is 4.39. The van der Waals surface area contributed by atoms with Crippen molar-refractivity contribution in [3.63, 3.8) is 0 Å². The SMILES string of the molecule is CCOc1ccc(C[NH+](C)Cn2nc(-c3ccncc3)n(C3CC3)c2=S)cc1OC. The van der Waals surface area contributed by atoms with Crippen LogP contribution in [0.4, 0.5) is 0 Å². The Bertz CT molecular complexity index is 1060. The fourth-order valence-corrected chi connectivity index (χ4v) is 3.98. The zero-order valence-electron chi connectivity index (χ0n) is 17.7. The molecule has 2 aromatic heterocycles. The fraction of sp³-hybridized carbons (Fsp3) is 0.409. The summed E-state index contributed by atoms with van der Waals surface area (Å²) in [5, 5.41) is 4.88. The molecule has 1 aliphatic carbocycles. The van der Waals surface area contributed by atoms with E-state index in [2.05, 4.69) is 22.7 Å². The molecule has 1 N–H and O–H groups in total. The first-order valence-electron chi connectivity index (χ1n) is 10.3. The van der Waals surface area contributed by atoms with Crippen molar-refractivity contribution in [1.29, 1.82) is 0 Å². The first kappa shape index (κ1) is 20.6. The Morgan fingerprint density at radius 1 is 1.17 bits per heavy atom. The first-order chi connectivity index (χ1) is 14.6. The van der Waals surface area contributed by atoms with Crippen LogP contribution in [-0.4, -0.2) is 40.1 Å². The molecule has 7 nitrogen and oxygen atoms in total. The molecule has 0 radical (unpaired) electrons. The number of nitrogens with zero attached hydrogens (tertiary/aromatic N) is 4. The van der Waals surface area contributed by atoms with Crippen molar-refractivity contribution in [3.8, 4) is 22.9 Å². The van der Waals surface area contributed by atoms with Crippen LogP contribution < -0.4 is 14.4 Å². The summed E-state index contributed by atoms with van der Waals surface area (Å²) in [6.07, 6.45) is 5.91. The second-order valence-corrected chi connectivity index (χ2v) is 8.02. The number of ether oxygens (including phenoxy) is 2. The Morgan fingerprint density at radius 2 is 1.93 bits per heavy atom. The number of methoxy groups -OCH3 is 1. The Balaban J connectivity index is 1.54. The molecule has 8 heteroatoms. The van der Waals surface area contributed by atoms with Gasteiger partial charge in [0.25, 0.3) is 0 Å². The minimum Gasteiger partial charge on any atom is -0.493 e. The van der Waals surface area contributed by atoms with E-state index in [0.717, 1.165) is 47.0 Å². The maximum absolute atomic E-state index is 5.80. The van der Waals surface area contributed by atoms with Crippen molar-refractivity contribution >= 4 is 12.2 Å². The molecule has 4 rings (SSSR count). The van der Waals surface area contributed by atoms with E-state index in [1.807, 2.05) is 35.9 Å². The van der Waals surface area contributed by atoms with Gasteiger partial charge < -0.3 is 14.4 Å². The molecule has 1 atom stereocenters. The second kappa shape index (κ2) is 8.97. The summed E-state index contributed by atoms with van der Waals surface area (Å²) in [4.78, 5) is 5.40. The smallest absolute Gasteiger partial charge is 0.203 e. The van der Waals surface area contributed by atoms with Crippen LogP contribution in [0.1, 0.15) is 31.4 Å². The second-order valence-electron chi connectivity index (χ2n) is 7.65. The molecule has 0 aliphatic heterocycles. The van der Waals surface area contributed by atoms with Crippen molar-refractivity contribution in [2.24, 2.45) is 0 Å². The van der Waals surface area contributed by atoms with Gasteiger partial charge in [-0.3, -0.25) is 9.55 Å². The molecule has 0 bridgehead atoms. The number of aromatic nitrogens is 4. The van der Waals surface area contributed by atoms with E-state index in [9.17, 15) is 0 Å². The molecule has 1 fully saturated rings. The standard InChI is InChI=1S/C22H27N5O2S/c1-4-29-19-8-5-16(13-20(19)28-3)14-25(2)15-26-22(30)27(18-6-7-18)21(24-26)17-9-11-23-12-10-17/h5,8-13,18H,4,6-7,14-15H2,1-3H3/p+1. The van der Waals surface area contributed by atoms with Crippen LogP contribution in [0.15, 0.2) is 42.7 Å². The maximum Gasteiger partial charge on any atom is 0.203 e. The molecule has 1 aliphatic rings. The lowest BCUT2D eigenvalue weighted by Crippen LogP contribution is -3.07. The average molecular weight is 427 g/mol. The number of hydrogen-bond acceptors (Lipinski definition) is 5. The summed E-state index contributed by atoms with van der Waals surface area (Å²) >= 11 is 5.80. The van der Waals surface area contributed by atoms with Crippen molar-refractivity contribution in [1.82, 2.24) is 19.3 Å².